The van der Waals surface area contributed by atoms with Gasteiger partial charge in [0, 0.05) is 30.1 Å². The number of nitrogens with one attached hydrogen (secondary N) is 2. The Hall–Kier alpha value is -0.980. The molecule has 1 fully saturated rings. The van der Waals surface area contributed by atoms with Gasteiger partial charge in [0.2, 0.25) is 5.91 Å². The van der Waals surface area contributed by atoms with Gasteiger partial charge in [0.15, 0.2) is 0 Å². The van der Waals surface area contributed by atoms with Crippen LogP contribution in [0.4, 0.5) is 10.1 Å². The van der Waals surface area contributed by atoms with Gasteiger partial charge >= 0.3 is 0 Å². The van der Waals surface area contributed by atoms with E-state index >= 15 is 0 Å². The Bertz CT molecular complexity index is 469. The molecule has 0 aliphatic carbocycles. The first-order valence-corrected chi connectivity index (χ1v) is 7.05. The van der Waals surface area contributed by atoms with E-state index in [9.17, 15) is 9.18 Å². The second-order valence-electron chi connectivity index (χ2n) is 4.70. The van der Waals surface area contributed by atoms with Crippen molar-refractivity contribution in [3.05, 3.63) is 28.5 Å². The minimum Gasteiger partial charge on any atom is -0.322 e. The number of halogens is 2. The van der Waals surface area contributed by atoms with Gasteiger partial charge in [-0.05, 0) is 25.1 Å². The highest BCUT2D eigenvalue weighted by atomic mass is 79.9. The van der Waals surface area contributed by atoms with Crippen LogP contribution in [0.1, 0.15) is 6.92 Å². The summed E-state index contributed by atoms with van der Waals surface area (Å²) in [6, 6.07) is 4.91. The zero-order chi connectivity index (χ0) is 13.8. The van der Waals surface area contributed by atoms with Crippen molar-refractivity contribution in [2.24, 2.45) is 0 Å². The van der Waals surface area contributed by atoms with Crippen LogP contribution in [0.3, 0.4) is 0 Å². The van der Waals surface area contributed by atoms with Crippen molar-refractivity contribution in [2.45, 2.75) is 13.0 Å². The van der Waals surface area contributed by atoms with E-state index in [1.54, 1.807) is 12.1 Å². The van der Waals surface area contributed by atoms with Crippen molar-refractivity contribution in [1.82, 2.24) is 10.2 Å². The number of rotatable bonds is 3. The fraction of sp³-hybridized carbons (Fsp3) is 0.462. The van der Waals surface area contributed by atoms with E-state index in [4.69, 9.17) is 0 Å². The van der Waals surface area contributed by atoms with Gasteiger partial charge in [-0.3, -0.25) is 9.69 Å². The van der Waals surface area contributed by atoms with E-state index < -0.39 is 5.82 Å². The first-order valence-electron chi connectivity index (χ1n) is 6.26. The SMILES string of the molecule is CC1CNCCN1CC(=O)Nc1ccc(Br)cc1F. The largest absolute Gasteiger partial charge is 0.322 e. The molecule has 2 N–H and O–H groups in total. The third-order valence-corrected chi connectivity index (χ3v) is 3.68. The number of carbonyl (C=O) groups is 1. The number of nitrogens with zero attached hydrogens (tertiary/aromatic N) is 1. The van der Waals surface area contributed by atoms with Crippen molar-refractivity contribution in [3.63, 3.8) is 0 Å². The van der Waals surface area contributed by atoms with E-state index in [0.29, 0.717) is 17.1 Å². The zero-order valence-electron chi connectivity index (χ0n) is 10.7. The Morgan fingerprint density at radius 2 is 2.42 bits per heavy atom. The topological polar surface area (TPSA) is 44.4 Å². The van der Waals surface area contributed by atoms with Crippen molar-refractivity contribution in [1.29, 1.82) is 0 Å². The second kappa shape index (κ2) is 6.45. The van der Waals surface area contributed by atoms with Crippen LogP contribution in [-0.2, 0) is 4.79 Å². The molecule has 1 heterocycles. The van der Waals surface area contributed by atoms with Crippen LogP contribution in [0, 0.1) is 5.82 Å². The molecule has 1 saturated heterocycles. The van der Waals surface area contributed by atoms with Crippen LogP contribution in [0.2, 0.25) is 0 Å². The fourth-order valence-electron chi connectivity index (χ4n) is 2.08. The van der Waals surface area contributed by atoms with Gasteiger partial charge in [-0.25, -0.2) is 4.39 Å². The number of anilines is 1. The molecule has 0 spiro atoms. The summed E-state index contributed by atoms with van der Waals surface area (Å²) in [5.41, 5.74) is 0.219. The molecule has 1 amide bonds. The highest BCUT2D eigenvalue weighted by Crippen LogP contribution is 2.19. The van der Waals surface area contributed by atoms with Gasteiger partial charge in [0.1, 0.15) is 5.82 Å². The van der Waals surface area contributed by atoms with Crippen molar-refractivity contribution < 1.29 is 9.18 Å². The normalized spacial score (nSPS) is 20.3. The van der Waals surface area contributed by atoms with Crippen LogP contribution in [0.15, 0.2) is 22.7 Å². The minimum atomic E-state index is -0.434. The molecule has 1 aliphatic heterocycles. The van der Waals surface area contributed by atoms with Gasteiger partial charge < -0.3 is 10.6 Å². The third kappa shape index (κ3) is 3.99. The summed E-state index contributed by atoms with van der Waals surface area (Å²) >= 11 is 3.18. The number of hydrogen-bond acceptors (Lipinski definition) is 3. The van der Waals surface area contributed by atoms with Gasteiger partial charge in [0.25, 0.3) is 0 Å². The molecule has 6 heteroatoms. The lowest BCUT2D eigenvalue weighted by molar-refractivity contribution is -0.118. The van der Waals surface area contributed by atoms with Gasteiger partial charge in [0.05, 0.1) is 12.2 Å². The van der Waals surface area contributed by atoms with Crippen LogP contribution < -0.4 is 10.6 Å². The summed E-state index contributed by atoms with van der Waals surface area (Å²) in [7, 11) is 0. The Labute approximate surface area is 120 Å². The summed E-state index contributed by atoms with van der Waals surface area (Å²) in [4.78, 5) is 14.0. The molecule has 1 aromatic carbocycles. The first kappa shape index (κ1) is 14.4. The number of piperazine rings is 1. The number of hydrogen-bond donors (Lipinski definition) is 2. The standard InChI is InChI=1S/C13H17BrFN3O/c1-9-7-16-4-5-18(9)8-13(19)17-12-3-2-10(14)6-11(12)15/h2-3,6,9,16H,4-5,7-8H2,1H3,(H,17,19). The molecular weight excluding hydrogens is 313 g/mol. The molecule has 1 unspecified atom stereocenters. The zero-order valence-corrected chi connectivity index (χ0v) is 12.3. The van der Waals surface area contributed by atoms with Crippen LogP contribution in [0.5, 0.6) is 0 Å². The van der Waals surface area contributed by atoms with E-state index in [0.717, 1.165) is 19.6 Å². The molecule has 19 heavy (non-hydrogen) atoms. The summed E-state index contributed by atoms with van der Waals surface area (Å²) in [5, 5.41) is 5.87. The van der Waals surface area contributed by atoms with Gasteiger partial charge in [-0.2, -0.15) is 0 Å². The Morgan fingerprint density at radius 3 is 3.11 bits per heavy atom. The average molecular weight is 330 g/mol. The molecular formula is C13H17BrFN3O. The predicted octanol–water partition coefficient (Wildman–Crippen LogP) is 1.82. The molecule has 1 aliphatic rings. The smallest absolute Gasteiger partial charge is 0.238 e. The van der Waals surface area contributed by atoms with E-state index in [1.807, 2.05) is 0 Å². The number of carbonyl (C=O) groups excluding carboxylic acids is 1. The number of amides is 1. The molecule has 0 radical (unpaired) electrons. The molecule has 4 nitrogen and oxygen atoms in total. The quantitative estimate of drug-likeness (QED) is 0.889. The predicted molar refractivity (Wildman–Crippen MR) is 76.6 cm³/mol. The monoisotopic (exact) mass is 329 g/mol. The van der Waals surface area contributed by atoms with E-state index in [-0.39, 0.29) is 11.6 Å². The molecule has 0 aromatic heterocycles. The Morgan fingerprint density at radius 1 is 1.63 bits per heavy atom. The van der Waals surface area contributed by atoms with Crippen LogP contribution in [0.25, 0.3) is 0 Å². The van der Waals surface area contributed by atoms with Crippen LogP contribution in [-0.4, -0.2) is 43.0 Å². The Kier molecular flexibility index (Phi) is 4.90. The van der Waals surface area contributed by atoms with E-state index in [1.165, 1.54) is 6.07 Å². The van der Waals surface area contributed by atoms with Crippen LogP contribution >= 0.6 is 15.9 Å². The van der Waals surface area contributed by atoms with Gasteiger partial charge in [-0.1, -0.05) is 15.9 Å². The lowest BCUT2D eigenvalue weighted by atomic mass is 10.2. The molecule has 0 bridgehead atoms. The number of benzene rings is 1. The lowest BCUT2D eigenvalue weighted by Gasteiger charge is -2.33. The Balaban J connectivity index is 1.93. The highest BCUT2D eigenvalue weighted by molar-refractivity contribution is 9.10. The van der Waals surface area contributed by atoms with E-state index in [2.05, 4.69) is 38.4 Å². The van der Waals surface area contributed by atoms with Gasteiger partial charge in [-0.15, -0.1) is 0 Å². The molecule has 104 valence electrons. The molecule has 1 atom stereocenters. The summed E-state index contributed by atoms with van der Waals surface area (Å²) in [5.74, 6) is -0.619. The maximum Gasteiger partial charge on any atom is 0.238 e. The fourth-order valence-corrected chi connectivity index (χ4v) is 2.42. The molecule has 0 saturated carbocycles. The molecule has 2 rings (SSSR count). The molecule has 1 aromatic rings. The first-order chi connectivity index (χ1) is 9.06. The minimum absolute atomic E-state index is 0.185. The second-order valence-corrected chi connectivity index (χ2v) is 5.61. The maximum absolute atomic E-state index is 13.6. The van der Waals surface area contributed by atoms with Crippen molar-refractivity contribution >= 4 is 27.5 Å². The summed E-state index contributed by atoms with van der Waals surface area (Å²) in [6.45, 7) is 4.94. The summed E-state index contributed by atoms with van der Waals surface area (Å²) in [6.07, 6.45) is 0. The van der Waals surface area contributed by atoms with Crippen molar-refractivity contribution in [2.75, 3.05) is 31.5 Å². The van der Waals surface area contributed by atoms with Crippen molar-refractivity contribution in [3.8, 4) is 0 Å². The highest BCUT2D eigenvalue weighted by Gasteiger charge is 2.20. The third-order valence-electron chi connectivity index (χ3n) is 3.19. The summed E-state index contributed by atoms with van der Waals surface area (Å²) < 4.78 is 14.2. The lowest BCUT2D eigenvalue weighted by Crippen LogP contribution is -2.52. The average Bonchev–Trinajstić information content (AvgIpc) is 2.36. The maximum atomic E-state index is 13.6.